The Morgan fingerprint density at radius 3 is 2.51 bits per heavy atom. The van der Waals surface area contributed by atoms with Crippen LogP contribution in [0.5, 0.6) is 0 Å². The monoisotopic (exact) mass is 507 g/mol. The van der Waals surface area contributed by atoms with Gasteiger partial charge in [0.05, 0.1) is 17.0 Å². The van der Waals surface area contributed by atoms with Gasteiger partial charge in [0.2, 0.25) is 0 Å². The fourth-order valence-corrected chi connectivity index (χ4v) is 5.72. The summed E-state index contributed by atoms with van der Waals surface area (Å²) in [5.41, 5.74) is 0.588. The lowest BCUT2D eigenvalue weighted by atomic mass is 9.77. The Morgan fingerprint density at radius 2 is 1.97 bits per heavy atom. The second kappa shape index (κ2) is 9.09. The Hall–Kier alpha value is -2.66. The first-order valence-corrected chi connectivity index (χ1v) is 12.5. The summed E-state index contributed by atoms with van der Waals surface area (Å²) in [6, 6.07) is 1.17. The quantitative estimate of drug-likeness (QED) is 0.548. The van der Waals surface area contributed by atoms with Crippen LogP contribution in [-0.4, -0.2) is 68.0 Å². The van der Waals surface area contributed by atoms with Gasteiger partial charge in [0.15, 0.2) is 5.01 Å². The van der Waals surface area contributed by atoms with E-state index >= 15 is 0 Å². The van der Waals surface area contributed by atoms with Crippen LogP contribution in [-0.2, 0) is 0 Å². The number of likely N-dealkylation sites (tertiary alicyclic amines) is 1. The van der Waals surface area contributed by atoms with E-state index in [-0.39, 0.29) is 22.8 Å². The first-order valence-electron chi connectivity index (χ1n) is 11.7. The van der Waals surface area contributed by atoms with Crippen LogP contribution in [0.2, 0.25) is 0 Å². The molecule has 8 nitrogen and oxygen atoms in total. The van der Waals surface area contributed by atoms with Gasteiger partial charge in [-0.15, -0.1) is 11.3 Å². The summed E-state index contributed by atoms with van der Waals surface area (Å²) in [5.74, 6) is -3.38. The van der Waals surface area contributed by atoms with Crippen molar-refractivity contribution >= 4 is 29.0 Å². The molecule has 0 radical (unpaired) electrons. The highest BCUT2D eigenvalue weighted by molar-refractivity contribution is 7.17. The Morgan fingerprint density at radius 1 is 1.29 bits per heavy atom. The maximum Gasteiger partial charge on any atom is 0.280 e. The molecule has 2 aromatic rings. The fourth-order valence-electron chi connectivity index (χ4n) is 4.68. The van der Waals surface area contributed by atoms with E-state index < -0.39 is 42.3 Å². The van der Waals surface area contributed by atoms with Crippen LogP contribution < -0.4 is 10.6 Å². The van der Waals surface area contributed by atoms with Gasteiger partial charge in [-0.3, -0.25) is 9.59 Å². The predicted molar refractivity (Wildman–Crippen MR) is 130 cm³/mol. The number of carbonyl (C=O) groups excluding carboxylic acids is 2. The van der Waals surface area contributed by atoms with E-state index in [1.165, 1.54) is 0 Å². The van der Waals surface area contributed by atoms with Crippen LogP contribution >= 0.6 is 11.3 Å². The lowest BCUT2D eigenvalue weighted by Crippen LogP contribution is -2.53. The third-order valence-electron chi connectivity index (χ3n) is 6.31. The summed E-state index contributed by atoms with van der Waals surface area (Å²) >= 11 is 1.04. The van der Waals surface area contributed by atoms with Crippen molar-refractivity contribution < 1.29 is 23.5 Å². The molecular formula is C24H31F2N5O3S. The Balaban J connectivity index is 1.69. The van der Waals surface area contributed by atoms with Crippen molar-refractivity contribution in [2.45, 2.75) is 83.5 Å². The predicted octanol–water partition coefficient (Wildman–Crippen LogP) is 3.85. The summed E-state index contributed by atoms with van der Waals surface area (Å²) in [4.78, 5) is 36.6. The van der Waals surface area contributed by atoms with E-state index in [0.29, 0.717) is 29.1 Å². The van der Waals surface area contributed by atoms with Crippen LogP contribution in [0.1, 0.15) is 72.8 Å². The number of aryl methyl sites for hydroxylation is 1. The smallest absolute Gasteiger partial charge is 0.280 e. The zero-order chi connectivity index (χ0) is 25.7. The summed E-state index contributed by atoms with van der Waals surface area (Å²) in [5, 5.41) is 16.1. The van der Waals surface area contributed by atoms with Gasteiger partial charge in [0.25, 0.3) is 17.7 Å². The van der Waals surface area contributed by atoms with Crippen LogP contribution in [0.3, 0.4) is 0 Å². The average Bonchev–Trinajstić information content (AvgIpc) is 3.26. The average molecular weight is 508 g/mol. The standard InChI is InChI=1S/C24H31F2N5O3S/c1-12(2)28-17-6-13(3)16(10-27-17)19-18(22(33)31-11-24(25,26)7-14(31)4)30-21(35-19)20(32)29-15-8-23(5,34)9-15/h6,10,12,14-15,34H,7-9,11H2,1-5H3,(H,27,28)(H,29,32)/t14-,15?,23?/m0/s1. The molecule has 190 valence electrons. The molecule has 3 heterocycles. The summed E-state index contributed by atoms with van der Waals surface area (Å²) in [6.07, 6.45) is 2.05. The SMILES string of the molecule is Cc1cc(NC(C)C)ncc1-c1sc(C(=O)NC2CC(C)(O)C2)nc1C(=O)N1CC(F)(F)C[C@@H]1C. The minimum absolute atomic E-state index is 0.0280. The highest BCUT2D eigenvalue weighted by atomic mass is 32.1. The first-order chi connectivity index (χ1) is 16.2. The van der Waals surface area contributed by atoms with Gasteiger partial charge in [0.1, 0.15) is 11.5 Å². The molecule has 1 saturated carbocycles. The van der Waals surface area contributed by atoms with Crippen LogP contribution in [0, 0.1) is 6.92 Å². The van der Waals surface area contributed by atoms with Crippen LogP contribution in [0.15, 0.2) is 12.3 Å². The number of pyridine rings is 1. The molecule has 2 amide bonds. The topological polar surface area (TPSA) is 107 Å². The molecule has 1 aliphatic carbocycles. The van der Waals surface area contributed by atoms with E-state index in [2.05, 4.69) is 20.6 Å². The van der Waals surface area contributed by atoms with E-state index in [1.807, 2.05) is 26.8 Å². The normalized spacial score (nSPS) is 25.5. The van der Waals surface area contributed by atoms with Crippen molar-refractivity contribution in [1.29, 1.82) is 0 Å². The second-order valence-electron chi connectivity index (χ2n) is 10.3. The van der Waals surface area contributed by atoms with E-state index in [4.69, 9.17) is 0 Å². The minimum atomic E-state index is -2.96. The molecule has 0 spiro atoms. The van der Waals surface area contributed by atoms with Crippen molar-refractivity contribution in [3.8, 4) is 10.4 Å². The number of thiazole rings is 1. The molecule has 1 atom stereocenters. The number of rotatable bonds is 6. The number of carbonyl (C=O) groups is 2. The number of alkyl halides is 2. The van der Waals surface area contributed by atoms with Crippen molar-refractivity contribution in [1.82, 2.24) is 20.2 Å². The van der Waals surface area contributed by atoms with Gasteiger partial charge in [-0.05, 0) is 59.1 Å². The molecule has 0 unspecified atom stereocenters. The van der Waals surface area contributed by atoms with Gasteiger partial charge in [-0.25, -0.2) is 18.7 Å². The van der Waals surface area contributed by atoms with E-state index in [0.717, 1.165) is 21.8 Å². The number of aliphatic hydroxyl groups is 1. The fraction of sp³-hybridized carbons (Fsp3) is 0.583. The molecule has 4 rings (SSSR count). The molecule has 2 aliphatic rings. The molecule has 0 bridgehead atoms. The molecule has 0 aromatic carbocycles. The Labute approximate surface area is 207 Å². The lowest BCUT2D eigenvalue weighted by Gasteiger charge is -2.40. The maximum atomic E-state index is 14.0. The van der Waals surface area contributed by atoms with E-state index in [9.17, 15) is 23.5 Å². The highest BCUT2D eigenvalue weighted by Crippen LogP contribution is 2.38. The number of amides is 2. The zero-order valence-electron chi connectivity index (χ0n) is 20.5. The molecule has 2 aromatic heterocycles. The van der Waals surface area contributed by atoms with Crippen molar-refractivity contribution in [3.05, 3.63) is 28.5 Å². The van der Waals surface area contributed by atoms with Crippen LogP contribution in [0.25, 0.3) is 10.4 Å². The summed E-state index contributed by atoms with van der Waals surface area (Å²) < 4.78 is 28.1. The van der Waals surface area contributed by atoms with Gasteiger partial charge < -0.3 is 20.6 Å². The minimum Gasteiger partial charge on any atom is -0.390 e. The van der Waals surface area contributed by atoms with Gasteiger partial charge >= 0.3 is 0 Å². The second-order valence-corrected chi connectivity index (χ2v) is 11.3. The maximum absolute atomic E-state index is 14.0. The number of nitrogens with zero attached hydrogens (tertiary/aromatic N) is 3. The lowest BCUT2D eigenvalue weighted by molar-refractivity contribution is -0.0367. The molecule has 3 N–H and O–H groups in total. The van der Waals surface area contributed by atoms with E-state index in [1.54, 1.807) is 20.0 Å². The molecule has 1 aliphatic heterocycles. The number of anilines is 1. The van der Waals surface area contributed by atoms with Crippen molar-refractivity contribution in [2.24, 2.45) is 0 Å². The number of halogens is 2. The molecule has 11 heteroatoms. The number of nitrogens with one attached hydrogen (secondary N) is 2. The Kier molecular flexibility index (Phi) is 6.60. The van der Waals surface area contributed by atoms with Crippen molar-refractivity contribution in [3.63, 3.8) is 0 Å². The molecule has 1 saturated heterocycles. The molecule has 2 fully saturated rings. The third kappa shape index (κ3) is 5.45. The number of aromatic nitrogens is 2. The first kappa shape index (κ1) is 25.4. The third-order valence-corrected chi connectivity index (χ3v) is 7.40. The summed E-state index contributed by atoms with van der Waals surface area (Å²) in [6.45, 7) is 8.44. The summed E-state index contributed by atoms with van der Waals surface area (Å²) in [7, 11) is 0. The molecular weight excluding hydrogens is 476 g/mol. The van der Waals surface area contributed by atoms with Gasteiger partial charge in [-0.1, -0.05) is 0 Å². The van der Waals surface area contributed by atoms with Gasteiger partial charge in [-0.2, -0.15) is 0 Å². The number of hydrogen-bond donors (Lipinski definition) is 3. The molecule has 35 heavy (non-hydrogen) atoms. The zero-order valence-corrected chi connectivity index (χ0v) is 21.3. The highest BCUT2D eigenvalue weighted by Gasteiger charge is 2.46. The number of hydrogen-bond acceptors (Lipinski definition) is 7. The van der Waals surface area contributed by atoms with Gasteiger partial charge in [0, 0.05) is 36.3 Å². The van der Waals surface area contributed by atoms with Crippen LogP contribution in [0.4, 0.5) is 14.6 Å². The largest absolute Gasteiger partial charge is 0.390 e. The Bertz CT molecular complexity index is 1140. The van der Waals surface area contributed by atoms with Crippen molar-refractivity contribution in [2.75, 3.05) is 11.9 Å².